The maximum atomic E-state index is 12.6. The number of pyridine rings is 1. The van der Waals surface area contributed by atoms with Crippen molar-refractivity contribution in [1.82, 2.24) is 20.5 Å². The molecular formula is C20H28N4O4. The van der Waals surface area contributed by atoms with Gasteiger partial charge in [-0.2, -0.15) is 0 Å². The molecule has 0 radical (unpaired) electrons. The molecular weight excluding hydrogens is 360 g/mol. The minimum atomic E-state index is -0.308. The molecule has 1 aromatic rings. The fourth-order valence-electron chi connectivity index (χ4n) is 3.72. The Morgan fingerprint density at radius 3 is 2.07 bits per heavy atom. The molecule has 8 heteroatoms. The molecule has 1 saturated heterocycles. The predicted octanol–water partition coefficient (Wildman–Crippen LogP) is 2.10. The van der Waals surface area contributed by atoms with Crippen LogP contribution in [0.3, 0.4) is 0 Å². The topological polar surface area (TPSA) is 101 Å². The normalized spacial score (nSPS) is 18.0. The molecule has 2 aliphatic rings. The molecule has 2 heterocycles. The van der Waals surface area contributed by atoms with Gasteiger partial charge in [0.25, 0.3) is 11.8 Å². The highest BCUT2D eigenvalue weighted by molar-refractivity contribution is 5.99. The second-order valence-electron chi connectivity index (χ2n) is 7.35. The number of piperidine rings is 1. The van der Waals surface area contributed by atoms with Crippen LogP contribution >= 0.6 is 0 Å². The Balaban J connectivity index is 1.52. The van der Waals surface area contributed by atoms with Gasteiger partial charge in [0.05, 0.1) is 17.7 Å². The van der Waals surface area contributed by atoms with Crippen LogP contribution in [0.5, 0.6) is 0 Å². The summed E-state index contributed by atoms with van der Waals surface area (Å²) in [5.41, 5.74) is 0.767. The molecule has 1 aliphatic carbocycles. The minimum Gasteiger partial charge on any atom is -0.450 e. The summed E-state index contributed by atoms with van der Waals surface area (Å²) in [4.78, 5) is 42.4. The van der Waals surface area contributed by atoms with Gasteiger partial charge < -0.3 is 20.3 Å². The molecule has 1 aromatic heterocycles. The van der Waals surface area contributed by atoms with Crippen LogP contribution in [0.1, 0.15) is 66.2 Å². The van der Waals surface area contributed by atoms with Gasteiger partial charge >= 0.3 is 6.09 Å². The molecule has 3 rings (SSSR count). The number of ether oxygens (including phenoxy) is 1. The fraction of sp³-hybridized carbons (Fsp3) is 0.600. The lowest BCUT2D eigenvalue weighted by Gasteiger charge is -2.31. The summed E-state index contributed by atoms with van der Waals surface area (Å²) >= 11 is 0. The van der Waals surface area contributed by atoms with E-state index in [1.807, 2.05) is 0 Å². The molecule has 8 nitrogen and oxygen atoms in total. The van der Waals surface area contributed by atoms with Crippen LogP contribution in [-0.4, -0.2) is 59.6 Å². The third-order valence-corrected chi connectivity index (χ3v) is 5.31. The van der Waals surface area contributed by atoms with E-state index in [0.29, 0.717) is 43.7 Å². The van der Waals surface area contributed by atoms with E-state index >= 15 is 0 Å². The number of likely N-dealkylation sites (tertiary alicyclic amines) is 1. The quantitative estimate of drug-likeness (QED) is 0.805. The van der Waals surface area contributed by atoms with Crippen LogP contribution in [0, 0.1) is 0 Å². The third-order valence-electron chi connectivity index (χ3n) is 5.31. The number of aromatic nitrogens is 1. The number of nitrogens with zero attached hydrogens (tertiary/aromatic N) is 2. The van der Waals surface area contributed by atoms with Gasteiger partial charge in [-0.3, -0.25) is 14.6 Å². The number of carbonyl (C=O) groups is 3. The van der Waals surface area contributed by atoms with Crippen LogP contribution in [0.25, 0.3) is 0 Å². The summed E-state index contributed by atoms with van der Waals surface area (Å²) in [7, 11) is 0. The van der Waals surface area contributed by atoms with Gasteiger partial charge in [0, 0.05) is 37.6 Å². The molecule has 2 fully saturated rings. The first kappa shape index (κ1) is 20.1. The second kappa shape index (κ2) is 9.52. The summed E-state index contributed by atoms with van der Waals surface area (Å²) in [5, 5.41) is 5.98. The maximum absolute atomic E-state index is 12.6. The van der Waals surface area contributed by atoms with E-state index in [4.69, 9.17) is 4.74 Å². The zero-order valence-corrected chi connectivity index (χ0v) is 16.3. The van der Waals surface area contributed by atoms with Crippen molar-refractivity contribution in [2.75, 3.05) is 19.7 Å². The zero-order chi connectivity index (χ0) is 19.9. The Hall–Kier alpha value is -2.64. The smallest absolute Gasteiger partial charge is 0.409 e. The highest BCUT2D eigenvalue weighted by Gasteiger charge is 2.25. The molecule has 28 heavy (non-hydrogen) atoms. The SMILES string of the molecule is CCOC(=O)N1CCC(NC(=O)c2cncc(C(=O)NC3CCCC3)c2)CC1. The number of amides is 3. The summed E-state index contributed by atoms with van der Waals surface area (Å²) < 4.78 is 5.00. The molecule has 1 aliphatic heterocycles. The third kappa shape index (κ3) is 5.21. The van der Waals surface area contributed by atoms with Gasteiger partial charge in [0.2, 0.25) is 0 Å². The van der Waals surface area contributed by atoms with Gasteiger partial charge in [-0.1, -0.05) is 12.8 Å². The van der Waals surface area contributed by atoms with Crippen molar-refractivity contribution in [1.29, 1.82) is 0 Å². The first-order valence-electron chi connectivity index (χ1n) is 10.0. The molecule has 0 spiro atoms. The number of hydrogen-bond acceptors (Lipinski definition) is 5. The van der Waals surface area contributed by atoms with E-state index in [2.05, 4.69) is 15.6 Å². The van der Waals surface area contributed by atoms with Crippen LogP contribution in [0.2, 0.25) is 0 Å². The Morgan fingerprint density at radius 2 is 1.54 bits per heavy atom. The lowest BCUT2D eigenvalue weighted by molar-refractivity contribution is 0.0859. The Kier molecular flexibility index (Phi) is 6.84. The largest absolute Gasteiger partial charge is 0.450 e. The number of carbonyl (C=O) groups excluding carboxylic acids is 3. The monoisotopic (exact) mass is 388 g/mol. The van der Waals surface area contributed by atoms with Crippen LogP contribution in [0.15, 0.2) is 18.5 Å². The number of hydrogen-bond donors (Lipinski definition) is 2. The van der Waals surface area contributed by atoms with Crippen LogP contribution in [-0.2, 0) is 4.74 Å². The van der Waals surface area contributed by atoms with Crippen molar-refractivity contribution in [3.63, 3.8) is 0 Å². The van der Waals surface area contributed by atoms with E-state index in [0.717, 1.165) is 25.7 Å². The lowest BCUT2D eigenvalue weighted by Crippen LogP contribution is -2.46. The number of nitrogens with one attached hydrogen (secondary N) is 2. The average molecular weight is 388 g/mol. The summed E-state index contributed by atoms with van der Waals surface area (Å²) in [6, 6.07) is 1.78. The second-order valence-corrected chi connectivity index (χ2v) is 7.35. The van der Waals surface area contributed by atoms with Crippen molar-refractivity contribution in [2.45, 2.75) is 57.5 Å². The van der Waals surface area contributed by atoms with Crippen molar-refractivity contribution in [3.8, 4) is 0 Å². The molecule has 0 bridgehead atoms. The highest BCUT2D eigenvalue weighted by atomic mass is 16.6. The van der Waals surface area contributed by atoms with Gasteiger partial charge in [0.15, 0.2) is 0 Å². The van der Waals surface area contributed by atoms with Gasteiger partial charge in [-0.15, -0.1) is 0 Å². The summed E-state index contributed by atoms with van der Waals surface area (Å²) in [6.07, 6.45) is 8.26. The Bertz CT molecular complexity index is 710. The molecule has 3 amide bonds. The Labute approximate surface area is 165 Å². The standard InChI is InChI=1S/C20H28N4O4/c1-2-28-20(27)24-9-7-17(8-10-24)23-19(26)15-11-14(12-21-13-15)18(25)22-16-5-3-4-6-16/h11-13,16-17H,2-10H2,1H3,(H,22,25)(H,23,26). The van der Waals surface area contributed by atoms with Gasteiger partial charge in [-0.05, 0) is 38.7 Å². The van der Waals surface area contributed by atoms with E-state index in [1.54, 1.807) is 17.9 Å². The van der Waals surface area contributed by atoms with E-state index in [1.165, 1.54) is 12.4 Å². The average Bonchev–Trinajstić information content (AvgIpc) is 3.22. The van der Waals surface area contributed by atoms with Crippen LogP contribution < -0.4 is 10.6 Å². The molecule has 0 atom stereocenters. The highest BCUT2D eigenvalue weighted by Crippen LogP contribution is 2.18. The Morgan fingerprint density at radius 1 is 1.00 bits per heavy atom. The van der Waals surface area contributed by atoms with Crippen molar-refractivity contribution >= 4 is 17.9 Å². The van der Waals surface area contributed by atoms with Crippen molar-refractivity contribution in [2.24, 2.45) is 0 Å². The first-order valence-corrected chi connectivity index (χ1v) is 10.0. The van der Waals surface area contributed by atoms with Crippen molar-refractivity contribution < 1.29 is 19.1 Å². The van der Waals surface area contributed by atoms with E-state index in [-0.39, 0.29) is 30.0 Å². The first-order chi connectivity index (χ1) is 13.6. The van der Waals surface area contributed by atoms with E-state index in [9.17, 15) is 14.4 Å². The molecule has 0 unspecified atom stereocenters. The maximum Gasteiger partial charge on any atom is 0.409 e. The predicted molar refractivity (Wildman–Crippen MR) is 103 cm³/mol. The molecule has 2 N–H and O–H groups in total. The molecule has 0 aromatic carbocycles. The van der Waals surface area contributed by atoms with Gasteiger partial charge in [0.1, 0.15) is 0 Å². The summed E-state index contributed by atoms with van der Waals surface area (Å²) in [6.45, 7) is 3.23. The van der Waals surface area contributed by atoms with E-state index < -0.39 is 0 Å². The summed E-state index contributed by atoms with van der Waals surface area (Å²) in [5.74, 6) is -0.436. The lowest BCUT2D eigenvalue weighted by atomic mass is 10.0. The van der Waals surface area contributed by atoms with Crippen molar-refractivity contribution in [3.05, 3.63) is 29.6 Å². The molecule has 152 valence electrons. The van der Waals surface area contributed by atoms with Gasteiger partial charge in [-0.25, -0.2) is 4.79 Å². The molecule has 1 saturated carbocycles. The zero-order valence-electron chi connectivity index (χ0n) is 16.3. The number of rotatable bonds is 5. The fourth-order valence-corrected chi connectivity index (χ4v) is 3.72. The van der Waals surface area contributed by atoms with Crippen LogP contribution in [0.4, 0.5) is 4.79 Å². The minimum absolute atomic E-state index is 0.0193.